The molecule has 10 heteroatoms. The average Bonchev–Trinajstić information content (AvgIpc) is 3.00. The van der Waals surface area contributed by atoms with Crippen molar-refractivity contribution in [2.75, 3.05) is 26.2 Å². The number of piperidine rings is 2. The molecule has 1 aromatic heterocycles. The van der Waals surface area contributed by atoms with Crippen LogP contribution in [0.4, 0.5) is 0 Å². The maximum Gasteiger partial charge on any atom is 0.222 e. The van der Waals surface area contributed by atoms with Gasteiger partial charge in [0.2, 0.25) is 5.91 Å². The Morgan fingerprint density at radius 1 is 1.16 bits per heavy atom. The quantitative estimate of drug-likeness (QED) is 0.407. The molecule has 2 aliphatic heterocycles. The third kappa shape index (κ3) is 6.38. The van der Waals surface area contributed by atoms with Crippen LogP contribution in [-0.4, -0.2) is 54.2 Å². The summed E-state index contributed by atoms with van der Waals surface area (Å²) in [5, 5.41) is 17.6. The first kappa shape index (κ1) is 28.9. The Hall–Kier alpha value is -1.13. The van der Waals surface area contributed by atoms with Crippen LogP contribution >= 0.6 is 43.5 Å². The van der Waals surface area contributed by atoms with E-state index in [2.05, 4.69) is 43.2 Å². The topological polar surface area (TPSA) is 84.6 Å². The van der Waals surface area contributed by atoms with Gasteiger partial charge in [0.25, 0.3) is 0 Å². The molecule has 1 aliphatic carbocycles. The fourth-order valence-corrected chi connectivity index (χ4v) is 7.54. The summed E-state index contributed by atoms with van der Waals surface area (Å²) >= 11 is 13.7. The molecule has 0 saturated carbocycles. The molecule has 6 nitrogen and oxygen atoms in total. The molecule has 0 spiro atoms. The van der Waals surface area contributed by atoms with Crippen LogP contribution in [0.3, 0.4) is 0 Å². The number of carbonyl (C=O) groups is 1. The van der Waals surface area contributed by atoms with Crippen molar-refractivity contribution in [1.29, 1.82) is 0 Å². The molecule has 1 atom stereocenters. The Balaban J connectivity index is 0.00000102. The minimum atomic E-state index is -1.24. The van der Waals surface area contributed by atoms with Gasteiger partial charge in [0.05, 0.1) is 5.69 Å². The molecule has 2 saturated heterocycles. The molecular formula is C27H32BBr2ClN3O3-. The van der Waals surface area contributed by atoms with Gasteiger partial charge in [0, 0.05) is 51.2 Å². The van der Waals surface area contributed by atoms with Crippen molar-refractivity contribution in [2.45, 2.75) is 57.4 Å². The monoisotopic (exact) mass is 650 g/mol. The van der Waals surface area contributed by atoms with Crippen LogP contribution in [0.2, 0.25) is 11.8 Å². The van der Waals surface area contributed by atoms with E-state index >= 15 is 0 Å². The molecule has 1 unspecified atom stereocenters. The van der Waals surface area contributed by atoms with Gasteiger partial charge in [-0.3, -0.25) is 9.78 Å². The fraction of sp³-hybridized carbons (Fsp3) is 0.556. The number of likely N-dealkylation sites (tertiary alicyclic amines) is 1. The normalized spacial score (nSPS) is 22.1. The van der Waals surface area contributed by atoms with Gasteiger partial charge in [0.15, 0.2) is 0 Å². The zero-order chi connectivity index (χ0) is 26.6. The number of hydrogen-bond acceptors (Lipinski definition) is 4. The summed E-state index contributed by atoms with van der Waals surface area (Å²) in [6.07, 6.45) is 7.47. The first-order valence-electron chi connectivity index (χ1n) is 12.9. The number of benzene rings is 1. The second kappa shape index (κ2) is 12.8. The Morgan fingerprint density at radius 2 is 1.81 bits per heavy atom. The van der Waals surface area contributed by atoms with E-state index in [-0.39, 0.29) is 11.8 Å². The number of fused-ring (bicyclic) bond motifs is 2. The number of hydrogen-bond donors (Lipinski definition) is 1. The predicted octanol–water partition coefficient (Wildman–Crippen LogP) is 6.09. The van der Waals surface area contributed by atoms with Crippen molar-refractivity contribution in [3.63, 3.8) is 0 Å². The summed E-state index contributed by atoms with van der Waals surface area (Å²) in [4.78, 5) is 19.8. The summed E-state index contributed by atoms with van der Waals surface area (Å²) in [5.41, 5.74) is 2.47. The molecule has 2 fully saturated rings. The minimum Gasteiger partial charge on any atom is -0.662 e. The van der Waals surface area contributed by atoms with Crippen LogP contribution in [0.15, 0.2) is 33.3 Å². The van der Waals surface area contributed by atoms with Crippen LogP contribution in [-0.2, 0) is 27.9 Å². The summed E-state index contributed by atoms with van der Waals surface area (Å²) in [5.74, 6) is 0.650. The Bertz CT molecular complexity index is 1140. The second-order valence-corrected chi connectivity index (χ2v) is 12.3. The fourth-order valence-electron chi connectivity index (χ4n) is 5.98. The zero-order valence-electron chi connectivity index (χ0n) is 21.1. The van der Waals surface area contributed by atoms with Gasteiger partial charge in [-0.1, -0.05) is 40.4 Å². The van der Waals surface area contributed by atoms with Crippen molar-refractivity contribution >= 4 is 56.5 Å². The van der Waals surface area contributed by atoms with Crippen molar-refractivity contribution < 1.29 is 14.6 Å². The van der Waals surface area contributed by atoms with E-state index in [0.717, 1.165) is 90.1 Å². The SMILES string of the molecule is CB=O.O=C(CC1CC[N-]CC1)N1CCC(C2(O)c3ncc(Br)cc3CCc3cc(Cl)cc(Br)c32)CC1. The van der Waals surface area contributed by atoms with E-state index in [1.54, 1.807) is 6.20 Å². The number of carbonyl (C=O) groups excluding carboxylic acids is 1. The summed E-state index contributed by atoms with van der Waals surface area (Å²) < 4.78 is 10.5. The zero-order valence-corrected chi connectivity index (χ0v) is 25.0. The van der Waals surface area contributed by atoms with Gasteiger partial charge < -0.3 is 15.3 Å². The third-order valence-electron chi connectivity index (χ3n) is 7.77. The Kier molecular flexibility index (Phi) is 10.0. The number of nitrogens with zero attached hydrogens (tertiary/aromatic N) is 3. The number of halogens is 3. The molecule has 2 aromatic rings. The average molecular weight is 653 g/mol. The van der Waals surface area contributed by atoms with Crippen molar-refractivity contribution in [1.82, 2.24) is 9.88 Å². The first-order valence-corrected chi connectivity index (χ1v) is 14.9. The van der Waals surface area contributed by atoms with Crippen LogP contribution in [0.25, 0.3) is 5.32 Å². The number of aromatic nitrogens is 1. The van der Waals surface area contributed by atoms with E-state index in [0.29, 0.717) is 30.5 Å². The summed E-state index contributed by atoms with van der Waals surface area (Å²) in [6.45, 7) is 4.53. The molecule has 0 radical (unpaired) electrons. The van der Waals surface area contributed by atoms with Crippen LogP contribution in [0, 0.1) is 11.8 Å². The maximum atomic E-state index is 13.0. The van der Waals surface area contributed by atoms with Crippen LogP contribution < -0.4 is 0 Å². The number of amides is 1. The van der Waals surface area contributed by atoms with E-state index < -0.39 is 5.60 Å². The number of pyridine rings is 1. The molecule has 1 amide bonds. The van der Waals surface area contributed by atoms with Crippen molar-refractivity contribution in [3.05, 3.63) is 66.1 Å². The smallest absolute Gasteiger partial charge is 0.222 e. The van der Waals surface area contributed by atoms with Crippen LogP contribution in [0.5, 0.6) is 0 Å². The molecule has 3 heterocycles. The molecule has 1 N–H and O–H groups in total. The second-order valence-electron chi connectivity index (χ2n) is 10.1. The van der Waals surface area contributed by atoms with Gasteiger partial charge in [0.1, 0.15) is 5.60 Å². The van der Waals surface area contributed by atoms with E-state index in [9.17, 15) is 9.90 Å². The summed E-state index contributed by atoms with van der Waals surface area (Å²) in [7, 11) is 0.750. The Morgan fingerprint density at radius 3 is 2.49 bits per heavy atom. The molecule has 198 valence electrons. The van der Waals surface area contributed by atoms with Gasteiger partial charge in [-0.25, -0.2) is 0 Å². The van der Waals surface area contributed by atoms with Crippen molar-refractivity contribution in [2.24, 2.45) is 11.8 Å². The van der Waals surface area contributed by atoms with E-state index in [1.807, 2.05) is 17.0 Å². The number of rotatable bonds is 3. The van der Waals surface area contributed by atoms with Gasteiger partial charge >= 0.3 is 18.7 Å². The summed E-state index contributed by atoms with van der Waals surface area (Å²) in [6, 6.07) is 5.91. The number of aliphatic hydroxyl groups is 1. The molecule has 37 heavy (non-hydrogen) atoms. The maximum absolute atomic E-state index is 13.0. The van der Waals surface area contributed by atoms with Crippen LogP contribution in [0.1, 0.15) is 54.5 Å². The molecule has 0 bridgehead atoms. The van der Waals surface area contributed by atoms with Gasteiger partial charge in [-0.05, 0) is 76.9 Å². The number of aryl methyl sites for hydroxylation is 2. The van der Waals surface area contributed by atoms with Gasteiger partial charge in [-0.15, -0.1) is 13.1 Å². The standard InChI is InChI=1S/C26H29Br2ClN3O2.CH3BO/c27-20-12-18-2-1-17-13-21(29)14-22(28)24(17)26(34,25(18)31-15-20)19-5-9-32(10-6-19)23(33)11-16-3-7-30-8-4-16;1-2-3/h12-16,19,34H,1-11H2;1H3/q-1;. The molecule has 5 rings (SSSR count). The third-order valence-corrected chi connectivity index (χ3v) is 9.05. The Labute approximate surface area is 241 Å². The largest absolute Gasteiger partial charge is 0.662 e. The van der Waals surface area contributed by atoms with Crippen molar-refractivity contribution in [3.8, 4) is 0 Å². The molecule has 3 aliphatic rings. The van der Waals surface area contributed by atoms with E-state index in [1.165, 1.54) is 6.82 Å². The molecular weight excluding hydrogens is 620 g/mol. The van der Waals surface area contributed by atoms with Gasteiger partial charge in [-0.2, -0.15) is 0 Å². The van der Waals surface area contributed by atoms with E-state index in [4.69, 9.17) is 21.3 Å². The minimum absolute atomic E-state index is 0.0493. The first-order chi connectivity index (χ1) is 17.8. The molecule has 1 aromatic carbocycles. The predicted molar refractivity (Wildman–Crippen MR) is 154 cm³/mol.